The van der Waals surface area contributed by atoms with Gasteiger partial charge < -0.3 is 15.8 Å². The zero-order valence-corrected chi connectivity index (χ0v) is 12.9. The highest BCUT2D eigenvalue weighted by molar-refractivity contribution is 7.92. The predicted octanol–water partition coefficient (Wildman–Crippen LogP) is 1.11. The van der Waals surface area contributed by atoms with Gasteiger partial charge in [-0.2, -0.15) is 0 Å². The first-order valence-electron chi connectivity index (χ1n) is 6.79. The number of ether oxygens (including phenoxy) is 1. The maximum absolute atomic E-state index is 12.2. The van der Waals surface area contributed by atoms with E-state index in [4.69, 9.17) is 10.5 Å². The number of aryl methyl sites for hydroxylation is 1. The second-order valence-electron chi connectivity index (χ2n) is 5.33. The molecule has 3 N–H and O–H groups in total. The summed E-state index contributed by atoms with van der Waals surface area (Å²) < 4.78 is 29.7. The first-order valence-corrected chi connectivity index (χ1v) is 8.50. The van der Waals surface area contributed by atoms with Gasteiger partial charge in [-0.1, -0.05) is 6.07 Å². The van der Waals surface area contributed by atoms with Crippen molar-refractivity contribution in [2.45, 2.75) is 31.6 Å². The van der Waals surface area contributed by atoms with Crippen LogP contribution in [0.25, 0.3) is 0 Å². The number of benzene rings is 1. The van der Waals surface area contributed by atoms with Crippen LogP contribution in [0.2, 0.25) is 0 Å². The molecule has 0 bridgehead atoms. The summed E-state index contributed by atoms with van der Waals surface area (Å²) >= 11 is 0. The predicted molar refractivity (Wildman–Crippen MR) is 81.8 cm³/mol. The molecule has 2 rings (SSSR count). The lowest BCUT2D eigenvalue weighted by Crippen LogP contribution is -2.34. The van der Waals surface area contributed by atoms with E-state index in [-0.39, 0.29) is 6.10 Å². The minimum absolute atomic E-state index is 0.363. The van der Waals surface area contributed by atoms with Gasteiger partial charge in [0.05, 0.1) is 11.4 Å². The van der Waals surface area contributed by atoms with Gasteiger partial charge in [-0.25, -0.2) is 8.42 Å². The Morgan fingerprint density at radius 3 is 2.76 bits per heavy atom. The van der Waals surface area contributed by atoms with Crippen LogP contribution in [0.15, 0.2) is 18.2 Å². The SMILES string of the molecule is Cc1ccc(NC(=O)CS(=O)(=O)C2CCOC2C)cc1N. The molecule has 0 spiro atoms. The first kappa shape index (κ1) is 15.8. The molecule has 1 aliphatic rings. The summed E-state index contributed by atoms with van der Waals surface area (Å²) in [5, 5.41) is 1.96. The third-order valence-corrected chi connectivity index (χ3v) is 5.87. The van der Waals surface area contributed by atoms with Crippen LogP contribution in [0, 0.1) is 6.92 Å². The molecule has 0 radical (unpaired) electrons. The van der Waals surface area contributed by atoms with E-state index in [1.54, 1.807) is 25.1 Å². The molecule has 0 saturated carbocycles. The minimum atomic E-state index is -3.52. The molecule has 2 unspecified atom stereocenters. The summed E-state index contributed by atoms with van der Waals surface area (Å²) in [5.41, 5.74) is 7.70. The van der Waals surface area contributed by atoms with Gasteiger partial charge in [-0.3, -0.25) is 4.79 Å². The van der Waals surface area contributed by atoms with Crippen molar-refractivity contribution in [1.82, 2.24) is 0 Å². The van der Waals surface area contributed by atoms with Crippen molar-refractivity contribution >= 4 is 27.1 Å². The summed E-state index contributed by atoms with van der Waals surface area (Å²) in [6.45, 7) is 3.99. The lowest BCUT2D eigenvalue weighted by molar-refractivity contribution is -0.113. The van der Waals surface area contributed by atoms with Crippen LogP contribution in [0.3, 0.4) is 0 Å². The number of rotatable bonds is 4. The normalized spacial score (nSPS) is 22.2. The summed E-state index contributed by atoms with van der Waals surface area (Å²) in [7, 11) is -3.52. The Labute approximate surface area is 124 Å². The average Bonchev–Trinajstić information content (AvgIpc) is 2.80. The summed E-state index contributed by atoms with van der Waals surface area (Å²) in [4.78, 5) is 11.9. The Morgan fingerprint density at radius 1 is 1.48 bits per heavy atom. The third kappa shape index (κ3) is 3.74. The maximum Gasteiger partial charge on any atom is 0.239 e. The van der Waals surface area contributed by atoms with Crippen LogP contribution >= 0.6 is 0 Å². The highest BCUT2D eigenvalue weighted by Crippen LogP contribution is 2.22. The van der Waals surface area contributed by atoms with Crippen LogP contribution in [-0.4, -0.2) is 38.0 Å². The fourth-order valence-electron chi connectivity index (χ4n) is 2.39. The number of amides is 1. The quantitative estimate of drug-likeness (QED) is 0.811. The Balaban J connectivity index is 2.02. The van der Waals surface area contributed by atoms with Crippen LogP contribution < -0.4 is 11.1 Å². The fraction of sp³-hybridized carbons (Fsp3) is 0.500. The molecular formula is C14H20N2O4S. The number of nitrogens with one attached hydrogen (secondary N) is 1. The largest absolute Gasteiger partial charge is 0.398 e. The molecule has 116 valence electrons. The van der Waals surface area contributed by atoms with E-state index in [9.17, 15) is 13.2 Å². The van der Waals surface area contributed by atoms with E-state index < -0.39 is 26.7 Å². The number of sulfone groups is 1. The molecule has 0 aromatic heterocycles. The topological polar surface area (TPSA) is 98.5 Å². The van der Waals surface area contributed by atoms with Crippen molar-refractivity contribution in [1.29, 1.82) is 0 Å². The van der Waals surface area contributed by atoms with Gasteiger partial charge in [0.2, 0.25) is 5.91 Å². The van der Waals surface area contributed by atoms with E-state index in [2.05, 4.69) is 5.32 Å². The van der Waals surface area contributed by atoms with Gasteiger partial charge in [0.1, 0.15) is 5.75 Å². The zero-order chi connectivity index (χ0) is 15.6. The Bertz CT molecular complexity index is 642. The molecule has 1 amide bonds. The first-order chi connectivity index (χ1) is 9.79. The van der Waals surface area contributed by atoms with E-state index >= 15 is 0 Å². The highest BCUT2D eigenvalue weighted by Gasteiger charge is 2.36. The number of anilines is 2. The number of carbonyl (C=O) groups is 1. The average molecular weight is 312 g/mol. The second-order valence-corrected chi connectivity index (χ2v) is 7.55. The number of hydrogen-bond donors (Lipinski definition) is 2. The molecule has 7 heteroatoms. The lowest BCUT2D eigenvalue weighted by Gasteiger charge is -2.15. The summed E-state index contributed by atoms with van der Waals surface area (Å²) in [6.07, 6.45) is 0.0756. The van der Waals surface area contributed by atoms with E-state index in [1.165, 1.54) is 0 Å². The van der Waals surface area contributed by atoms with Gasteiger partial charge in [0.15, 0.2) is 9.84 Å². The fourth-order valence-corrected chi connectivity index (χ4v) is 4.16. The highest BCUT2D eigenvalue weighted by atomic mass is 32.2. The second kappa shape index (κ2) is 6.03. The van der Waals surface area contributed by atoms with Crippen molar-refractivity contribution in [3.63, 3.8) is 0 Å². The molecule has 21 heavy (non-hydrogen) atoms. The van der Waals surface area contributed by atoms with Gasteiger partial charge in [-0.05, 0) is 38.0 Å². The van der Waals surface area contributed by atoms with Crippen LogP contribution in [0.1, 0.15) is 18.9 Å². The molecule has 1 aromatic carbocycles. The van der Waals surface area contributed by atoms with Crippen LogP contribution in [-0.2, 0) is 19.4 Å². The van der Waals surface area contributed by atoms with Crippen LogP contribution in [0.5, 0.6) is 0 Å². The number of hydrogen-bond acceptors (Lipinski definition) is 5. The Kier molecular flexibility index (Phi) is 4.53. The minimum Gasteiger partial charge on any atom is -0.398 e. The monoisotopic (exact) mass is 312 g/mol. The Morgan fingerprint density at radius 2 is 2.19 bits per heavy atom. The smallest absolute Gasteiger partial charge is 0.239 e. The number of nitrogen functional groups attached to an aromatic ring is 1. The molecule has 1 saturated heterocycles. The van der Waals surface area contributed by atoms with Gasteiger partial charge in [0, 0.05) is 18.0 Å². The third-order valence-electron chi connectivity index (χ3n) is 3.66. The van der Waals surface area contributed by atoms with Crippen molar-refractivity contribution in [3.8, 4) is 0 Å². The molecule has 0 aliphatic carbocycles. The molecule has 6 nitrogen and oxygen atoms in total. The van der Waals surface area contributed by atoms with E-state index in [1.807, 2.05) is 6.92 Å². The number of nitrogens with two attached hydrogens (primary N) is 1. The molecule has 1 aliphatic heterocycles. The van der Waals surface area contributed by atoms with Crippen molar-refractivity contribution < 1.29 is 17.9 Å². The standard InChI is InChI=1S/C14H20N2O4S/c1-9-3-4-11(7-12(9)15)16-14(17)8-21(18,19)13-5-6-20-10(13)2/h3-4,7,10,13H,5-6,8,15H2,1-2H3,(H,16,17). The summed E-state index contributed by atoms with van der Waals surface area (Å²) in [6, 6.07) is 5.07. The zero-order valence-electron chi connectivity index (χ0n) is 12.1. The van der Waals surface area contributed by atoms with Crippen molar-refractivity contribution in [3.05, 3.63) is 23.8 Å². The number of carbonyl (C=O) groups excluding carboxylic acids is 1. The maximum atomic E-state index is 12.2. The van der Waals surface area contributed by atoms with Gasteiger partial charge >= 0.3 is 0 Å². The van der Waals surface area contributed by atoms with Gasteiger partial charge in [0.25, 0.3) is 0 Å². The molecule has 1 fully saturated rings. The van der Waals surface area contributed by atoms with Gasteiger partial charge in [-0.15, -0.1) is 0 Å². The van der Waals surface area contributed by atoms with Crippen LogP contribution in [0.4, 0.5) is 11.4 Å². The Hall–Kier alpha value is -1.60. The molecule has 2 atom stereocenters. The molecular weight excluding hydrogens is 292 g/mol. The van der Waals surface area contributed by atoms with E-state index in [0.717, 1.165) is 5.56 Å². The van der Waals surface area contributed by atoms with Crippen molar-refractivity contribution in [2.24, 2.45) is 0 Å². The van der Waals surface area contributed by atoms with Crippen molar-refractivity contribution in [2.75, 3.05) is 23.4 Å². The molecule has 1 heterocycles. The lowest BCUT2D eigenvalue weighted by atomic mass is 10.2. The van der Waals surface area contributed by atoms with E-state index in [0.29, 0.717) is 24.4 Å². The summed E-state index contributed by atoms with van der Waals surface area (Å²) in [5.74, 6) is -1.10. The molecule has 1 aromatic rings.